The average molecular weight is 599 g/mol. The number of carbonyl (C=O) groups is 1. The highest BCUT2D eigenvalue weighted by molar-refractivity contribution is 14.1. The molecule has 0 saturated carbocycles. The number of nitrogens with one attached hydrogen (secondary N) is 1. The molecule has 3 aromatic carbocycles. The van der Waals surface area contributed by atoms with Crippen molar-refractivity contribution in [1.82, 2.24) is 13.6 Å². The Morgan fingerprint density at radius 2 is 1.88 bits per heavy atom. The van der Waals surface area contributed by atoms with Gasteiger partial charge in [0.05, 0.1) is 23.0 Å². The number of nitrogens with zero attached hydrogens (tertiary/aromatic N) is 3. The summed E-state index contributed by atoms with van der Waals surface area (Å²) in [7, 11) is -2.34. The van der Waals surface area contributed by atoms with Crippen molar-refractivity contribution >= 4 is 78.6 Å². The van der Waals surface area contributed by atoms with E-state index < -0.39 is 10.0 Å². The van der Waals surface area contributed by atoms with Crippen LogP contribution in [-0.4, -0.2) is 35.0 Å². The first-order valence-corrected chi connectivity index (χ1v) is 13.0. The largest absolute Gasteiger partial charge is 0.337 e. The second kappa shape index (κ2) is 9.30. The van der Waals surface area contributed by atoms with E-state index >= 15 is 0 Å². The highest BCUT2D eigenvalue weighted by Crippen LogP contribution is 2.27. The van der Waals surface area contributed by atoms with Gasteiger partial charge in [-0.2, -0.15) is 8.75 Å². The molecule has 0 spiro atoms. The first kappa shape index (κ1) is 22.9. The predicted octanol–water partition coefficient (Wildman–Crippen LogP) is 5.02. The van der Waals surface area contributed by atoms with Gasteiger partial charge in [0.2, 0.25) is 0 Å². The highest BCUT2D eigenvalue weighted by Gasteiger charge is 2.24. The first-order valence-electron chi connectivity index (χ1n) is 9.28. The molecule has 1 heterocycles. The molecule has 164 valence electrons. The molecule has 0 unspecified atom stereocenters. The molecule has 7 nitrogen and oxygen atoms in total. The van der Waals surface area contributed by atoms with Crippen molar-refractivity contribution in [3.63, 3.8) is 0 Å². The monoisotopic (exact) mass is 598 g/mol. The standard InChI is InChI=1S/C21H16ClIN4O3S2/c1-27(12-13-5-7-14(22)8-6-13)21(28)16-10-9-15(23)11-18(16)26-32(29,30)19-4-2-3-17-20(19)25-31-24-17/h2-11,26H,12H2,1H3. The minimum absolute atomic E-state index is 0.00975. The third kappa shape index (κ3) is 4.87. The van der Waals surface area contributed by atoms with E-state index in [9.17, 15) is 13.2 Å². The summed E-state index contributed by atoms with van der Waals surface area (Å²) < 4.78 is 37.9. The number of carbonyl (C=O) groups excluding carboxylic acids is 1. The van der Waals surface area contributed by atoms with Crippen LogP contribution in [0.4, 0.5) is 5.69 Å². The van der Waals surface area contributed by atoms with Crippen molar-refractivity contribution in [2.75, 3.05) is 11.8 Å². The van der Waals surface area contributed by atoms with E-state index in [2.05, 4.69) is 36.1 Å². The van der Waals surface area contributed by atoms with Crippen LogP contribution < -0.4 is 4.72 Å². The minimum Gasteiger partial charge on any atom is -0.337 e. The summed E-state index contributed by atoms with van der Waals surface area (Å²) in [5.74, 6) is -0.317. The number of fused-ring (bicyclic) bond motifs is 1. The summed E-state index contributed by atoms with van der Waals surface area (Å²) in [6.07, 6.45) is 0. The van der Waals surface area contributed by atoms with E-state index in [1.807, 2.05) is 12.1 Å². The zero-order chi connectivity index (χ0) is 22.9. The van der Waals surface area contributed by atoms with E-state index in [0.29, 0.717) is 22.6 Å². The molecule has 0 aliphatic rings. The molecule has 32 heavy (non-hydrogen) atoms. The Morgan fingerprint density at radius 3 is 2.62 bits per heavy atom. The molecule has 0 radical (unpaired) electrons. The van der Waals surface area contributed by atoms with Crippen LogP contribution in [0, 0.1) is 3.57 Å². The lowest BCUT2D eigenvalue weighted by atomic mass is 10.1. The summed E-state index contributed by atoms with van der Waals surface area (Å²) in [6.45, 7) is 0.345. The Hall–Kier alpha value is -2.28. The fourth-order valence-electron chi connectivity index (χ4n) is 3.13. The normalized spacial score (nSPS) is 11.5. The van der Waals surface area contributed by atoms with Crippen LogP contribution >= 0.6 is 45.9 Å². The molecule has 0 fully saturated rings. The van der Waals surface area contributed by atoms with Crippen LogP contribution in [0.25, 0.3) is 11.0 Å². The van der Waals surface area contributed by atoms with Crippen molar-refractivity contribution in [2.45, 2.75) is 11.4 Å². The first-order chi connectivity index (χ1) is 15.2. The Labute approximate surface area is 207 Å². The second-order valence-electron chi connectivity index (χ2n) is 6.97. The molecule has 1 aromatic heterocycles. The molecule has 11 heteroatoms. The molecule has 1 amide bonds. The minimum atomic E-state index is -4.01. The molecular weight excluding hydrogens is 583 g/mol. The highest BCUT2D eigenvalue weighted by atomic mass is 127. The summed E-state index contributed by atoms with van der Waals surface area (Å²) in [6, 6.07) is 17.0. The Bertz CT molecular complexity index is 1410. The van der Waals surface area contributed by atoms with Crippen molar-refractivity contribution in [2.24, 2.45) is 0 Å². The van der Waals surface area contributed by atoms with Crippen LogP contribution in [0.1, 0.15) is 15.9 Å². The lowest BCUT2D eigenvalue weighted by molar-refractivity contribution is 0.0786. The SMILES string of the molecule is CN(Cc1ccc(Cl)cc1)C(=O)c1ccc(I)cc1NS(=O)(=O)c1cccc2nsnc12. The molecular formula is C21H16ClIN4O3S2. The number of benzene rings is 3. The van der Waals surface area contributed by atoms with Crippen LogP contribution in [0.3, 0.4) is 0 Å². The fourth-order valence-corrected chi connectivity index (χ4v) is 5.58. The van der Waals surface area contributed by atoms with Gasteiger partial charge in [-0.15, -0.1) is 0 Å². The van der Waals surface area contributed by atoms with Crippen LogP contribution in [0.5, 0.6) is 0 Å². The Kier molecular flexibility index (Phi) is 6.65. The summed E-state index contributed by atoms with van der Waals surface area (Å²) in [5.41, 5.74) is 2.14. The fraction of sp³-hybridized carbons (Fsp3) is 0.0952. The van der Waals surface area contributed by atoms with E-state index in [0.717, 1.165) is 20.9 Å². The third-order valence-electron chi connectivity index (χ3n) is 4.67. The molecule has 4 rings (SSSR count). The van der Waals surface area contributed by atoms with E-state index in [-0.39, 0.29) is 22.1 Å². The van der Waals surface area contributed by atoms with Crippen molar-refractivity contribution in [3.8, 4) is 0 Å². The van der Waals surface area contributed by atoms with Gasteiger partial charge in [0.15, 0.2) is 0 Å². The molecule has 0 saturated heterocycles. The van der Waals surface area contributed by atoms with Gasteiger partial charge in [0, 0.05) is 22.2 Å². The smallest absolute Gasteiger partial charge is 0.264 e. The number of halogens is 2. The van der Waals surface area contributed by atoms with Gasteiger partial charge in [-0.25, -0.2) is 8.42 Å². The molecule has 0 aliphatic carbocycles. The number of anilines is 1. The maximum Gasteiger partial charge on any atom is 0.264 e. The van der Waals surface area contributed by atoms with Gasteiger partial charge in [-0.3, -0.25) is 9.52 Å². The van der Waals surface area contributed by atoms with Crippen molar-refractivity contribution < 1.29 is 13.2 Å². The summed E-state index contributed by atoms with van der Waals surface area (Å²) >= 11 is 8.94. The number of aromatic nitrogens is 2. The van der Waals surface area contributed by atoms with Gasteiger partial charge in [-0.05, 0) is 70.6 Å². The second-order valence-corrected chi connectivity index (χ2v) is 10.8. The quantitative estimate of drug-likeness (QED) is 0.315. The zero-order valence-corrected chi connectivity index (χ0v) is 21.2. The van der Waals surface area contributed by atoms with Gasteiger partial charge in [0.1, 0.15) is 15.9 Å². The van der Waals surface area contributed by atoms with Gasteiger partial charge in [-0.1, -0.05) is 29.8 Å². The number of sulfonamides is 1. The van der Waals surface area contributed by atoms with Crippen LogP contribution in [-0.2, 0) is 16.6 Å². The molecule has 0 atom stereocenters. The lowest BCUT2D eigenvalue weighted by Crippen LogP contribution is -2.27. The predicted molar refractivity (Wildman–Crippen MR) is 135 cm³/mol. The van der Waals surface area contributed by atoms with Crippen molar-refractivity contribution in [3.05, 3.63) is 80.4 Å². The number of rotatable bonds is 6. The van der Waals surface area contributed by atoms with E-state index in [1.54, 1.807) is 49.5 Å². The molecule has 0 bridgehead atoms. The maximum absolute atomic E-state index is 13.2. The van der Waals surface area contributed by atoms with Crippen LogP contribution in [0.2, 0.25) is 5.02 Å². The molecule has 0 aliphatic heterocycles. The van der Waals surface area contributed by atoms with E-state index in [4.69, 9.17) is 11.6 Å². The summed E-state index contributed by atoms with van der Waals surface area (Å²) in [5, 5.41) is 0.613. The lowest BCUT2D eigenvalue weighted by Gasteiger charge is -2.20. The van der Waals surface area contributed by atoms with E-state index in [1.165, 1.54) is 11.0 Å². The number of hydrogen-bond donors (Lipinski definition) is 1. The topological polar surface area (TPSA) is 92.3 Å². The third-order valence-corrected chi connectivity index (χ3v) is 7.54. The molecule has 1 N–H and O–H groups in total. The Balaban J connectivity index is 1.65. The van der Waals surface area contributed by atoms with Crippen LogP contribution in [0.15, 0.2) is 65.6 Å². The average Bonchev–Trinajstić information content (AvgIpc) is 3.23. The van der Waals surface area contributed by atoms with Gasteiger partial charge in [0.25, 0.3) is 15.9 Å². The number of hydrogen-bond acceptors (Lipinski definition) is 6. The zero-order valence-electron chi connectivity index (χ0n) is 16.6. The summed E-state index contributed by atoms with van der Waals surface area (Å²) in [4.78, 5) is 14.7. The van der Waals surface area contributed by atoms with Gasteiger partial charge >= 0.3 is 0 Å². The van der Waals surface area contributed by atoms with Crippen molar-refractivity contribution in [1.29, 1.82) is 0 Å². The molecule has 4 aromatic rings. The number of amides is 1. The van der Waals surface area contributed by atoms with Gasteiger partial charge < -0.3 is 4.90 Å². The maximum atomic E-state index is 13.2. The Morgan fingerprint density at radius 1 is 1.12 bits per heavy atom.